The van der Waals surface area contributed by atoms with E-state index in [0.29, 0.717) is 5.41 Å². The molecule has 0 aromatic heterocycles. The molecule has 1 unspecified atom stereocenters. The first-order chi connectivity index (χ1) is 18.7. The topological polar surface area (TPSA) is 40.5 Å². The fraction of sp³-hybridized carbons (Fsp3) is 0.788. The van der Waals surface area contributed by atoms with E-state index in [9.17, 15) is 23.1 Å². The molecule has 1 N–H and O–H groups in total. The molecular formula is C33H48F3NO2. The average molecular weight is 548 g/mol. The molecule has 4 aliphatic carbocycles. The Morgan fingerprint density at radius 1 is 0.872 bits per heavy atom. The lowest BCUT2D eigenvalue weighted by Crippen LogP contribution is -2.47. The number of halogens is 3. The molecule has 1 aromatic rings. The van der Waals surface area contributed by atoms with E-state index in [4.69, 9.17) is 0 Å². The highest BCUT2D eigenvalue weighted by Gasteiger charge is 2.51. The summed E-state index contributed by atoms with van der Waals surface area (Å²) >= 11 is 0. The van der Waals surface area contributed by atoms with Crippen LogP contribution in [0.1, 0.15) is 126 Å². The van der Waals surface area contributed by atoms with E-state index in [2.05, 4.69) is 4.90 Å². The second-order valence-corrected chi connectivity index (χ2v) is 13.5. The van der Waals surface area contributed by atoms with Gasteiger partial charge in [-0.25, -0.2) is 0 Å². The SMILES string of the molecule is O=C(O)CC1CC[C@@H](N(CCC2CCCCC2)CC2(C3CCCCC3)CC2)[C@H](c2ccc(C(F)(F)F)cc2)C1. The van der Waals surface area contributed by atoms with Gasteiger partial charge < -0.3 is 5.11 Å². The number of aliphatic carboxylic acids is 1. The molecule has 6 heteroatoms. The molecular weight excluding hydrogens is 499 g/mol. The summed E-state index contributed by atoms with van der Waals surface area (Å²) < 4.78 is 40.0. The smallest absolute Gasteiger partial charge is 0.416 e. The van der Waals surface area contributed by atoms with Gasteiger partial charge in [0.05, 0.1) is 5.56 Å². The van der Waals surface area contributed by atoms with Gasteiger partial charge in [-0.05, 0) is 105 Å². The standard InChI is InChI=1S/C33H48F3NO2/c34-33(35,36)28-14-12-26(13-15-28)29-21-25(22-31(38)39)11-16-30(29)37(20-17-24-7-3-1-4-8-24)23-32(18-19-32)27-9-5-2-6-10-27/h12-15,24-25,27,29-30H,1-11,16-23H2,(H,38,39)/t25?,29-,30+/m0/s1. The summed E-state index contributed by atoms with van der Waals surface area (Å²) in [6.07, 6.45) is 15.7. The molecule has 5 rings (SSSR count). The van der Waals surface area contributed by atoms with Crippen LogP contribution >= 0.6 is 0 Å². The maximum Gasteiger partial charge on any atom is 0.416 e. The van der Waals surface area contributed by atoms with Crippen LogP contribution in [0.15, 0.2) is 24.3 Å². The van der Waals surface area contributed by atoms with Crippen molar-refractivity contribution < 1.29 is 23.1 Å². The third-order valence-electron chi connectivity index (χ3n) is 11.0. The molecule has 4 aliphatic rings. The first kappa shape index (κ1) is 29.0. The van der Waals surface area contributed by atoms with Gasteiger partial charge in [0, 0.05) is 19.0 Å². The predicted molar refractivity (Wildman–Crippen MR) is 149 cm³/mol. The number of hydrogen-bond acceptors (Lipinski definition) is 2. The summed E-state index contributed by atoms with van der Waals surface area (Å²) in [6, 6.07) is 6.08. The Kier molecular flexibility index (Phi) is 9.30. The monoisotopic (exact) mass is 547 g/mol. The van der Waals surface area contributed by atoms with Gasteiger partial charge in [-0.3, -0.25) is 9.69 Å². The molecule has 0 aliphatic heterocycles. The van der Waals surface area contributed by atoms with Gasteiger partial charge in [0.1, 0.15) is 0 Å². The van der Waals surface area contributed by atoms with Gasteiger partial charge in [-0.1, -0.05) is 63.5 Å². The largest absolute Gasteiger partial charge is 0.481 e. The lowest BCUT2D eigenvalue weighted by atomic mass is 9.72. The number of hydrogen-bond donors (Lipinski definition) is 1. The van der Waals surface area contributed by atoms with Crippen LogP contribution in [0.2, 0.25) is 0 Å². The fourth-order valence-electron chi connectivity index (χ4n) is 8.55. The van der Waals surface area contributed by atoms with Crippen LogP contribution in [0.4, 0.5) is 13.2 Å². The molecule has 0 heterocycles. The number of rotatable bonds is 10. The minimum atomic E-state index is -4.35. The molecule has 0 bridgehead atoms. The maximum atomic E-state index is 13.3. The van der Waals surface area contributed by atoms with Crippen molar-refractivity contribution in [3.63, 3.8) is 0 Å². The number of nitrogens with zero attached hydrogens (tertiary/aromatic N) is 1. The van der Waals surface area contributed by atoms with E-state index >= 15 is 0 Å². The lowest BCUT2D eigenvalue weighted by Gasteiger charge is -2.46. The van der Waals surface area contributed by atoms with Crippen LogP contribution in [0.5, 0.6) is 0 Å². The van der Waals surface area contributed by atoms with Crippen molar-refractivity contribution in [3.05, 3.63) is 35.4 Å². The summed E-state index contributed by atoms with van der Waals surface area (Å²) in [5.74, 6) is 1.00. The zero-order valence-corrected chi connectivity index (χ0v) is 23.6. The Morgan fingerprint density at radius 2 is 1.51 bits per heavy atom. The van der Waals surface area contributed by atoms with E-state index in [-0.39, 0.29) is 24.3 Å². The Bertz CT molecular complexity index is 929. The Labute approximate surface area is 232 Å². The highest BCUT2D eigenvalue weighted by Crippen LogP contribution is 2.57. The molecule has 1 aromatic carbocycles. The van der Waals surface area contributed by atoms with Crippen molar-refractivity contribution in [1.82, 2.24) is 4.90 Å². The zero-order chi connectivity index (χ0) is 27.5. The number of carboxylic acid groups (broad SMARTS) is 1. The van der Waals surface area contributed by atoms with E-state index in [1.54, 1.807) is 12.1 Å². The molecule has 218 valence electrons. The second kappa shape index (κ2) is 12.5. The van der Waals surface area contributed by atoms with E-state index in [1.165, 1.54) is 95.6 Å². The number of benzene rings is 1. The van der Waals surface area contributed by atoms with E-state index < -0.39 is 17.7 Å². The zero-order valence-electron chi connectivity index (χ0n) is 23.6. The van der Waals surface area contributed by atoms with Crippen molar-refractivity contribution >= 4 is 5.97 Å². The number of carboxylic acids is 1. The predicted octanol–water partition coefficient (Wildman–Crippen LogP) is 9.07. The molecule has 39 heavy (non-hydrogen) atoms. The lowest BCUT2D eigenvalue weighted by molar-refractivity contribution is -0.139. The van der Waals surface area contributed by atoms with Gasteiger partial charge >= 0.3 is 12.1 Å². The van der Waals surface area contributed by atoms with Crippen LogP contribution in [0.25, 0.3) is 0 Å². The van der Waals surface area contributed by atoms with Crippen LogP contribution in [0.3, 0.4) is 0 Å². The van der Waals surface area contributed by atoms with Crippen LogP contribution in [0, 0.1) is 23.2 Å². The Balaban J connectivity index is 1.39. The van der Waals surface area contributed by atoms with Gasteiger partial charge in [0.25, 0.3) is 0 Å². The third kappa shape index (κ3) is 7.40. The van der Waals surface area contributed by atoms with Crippen LogP contribution < -0.4 is 0 Å². The highest BCUT2D eigenvalue weighted by molar-refractivity contribution is 5.67. The molecule has 3 nitrogen and oxygen atoms in total. The van der Waals surface area contributed by atoms with Crippen LogP contribution in [-0.4, -0.2) is 35.1 Å². The quantitative estimate of drug-likeness (QED) is 0.318. The molecule has 0 saturated heterocycles. The van der Waals surface area contributed by atoms with Crippen molar-refractivity contribution in [1.29, 1.82) is 0 Å². The van der Waals surface area contributed by atoms with Crippen molar-refractivity contribution in [2.75, 3.05) is 13.1 Å². The summed E-state index contributed by atoms with van der Waals surface area (Å²) in [5.41, 5.74) is 0.771. The average Bonchev–Trinajstić information content (AvgIpc) is 3.72. The molecule has 0 amide bonds. The van der Waals surface area contributed by atoms with Gasteiger partial charge in [0.15, 0.2) is 0 Å². The minimum absolute atomic E-state index is 0.0823. The van der Waals surface area contributed by atoms with Crippen molar-refractivity contribution in [2.45, 2.75) is 127 Å². The van der Waals surface area contributed by atoms with Crippen LogP contribution in [-0.2, 0) is 11.0 Å². The Morgan fingerprint density at radius 3 is 2.10 bits per heavy atom. The number of carbonyl (C=O) groups is 1. The van der Waals surface area contributed by atoms with Crippen molar-refractivity contribution in [2.24, 2.45) is 23.2 Å². The van der Waals surface area contributed by atoms with E-state index in [0.717, 1.165) is 49.8 Å². The Hall–Kier alpha value is -1.56. The molecule has 3 atom stereocenters. The first-order valence-corrected chi connectivity index (χ1v) is 15.9. The fourth-order valence-corrected chi connectivity index (χ4v) is 8.55. The molecule has 0 spiro atoms. The summed E-state index contributed by atoms with van der Waals surface area (Å²) in [7, 11) is 0. The number of alkyl halides is 3. The van der Waals surface area contributed by atoms with Gasteiger partial charge in [-0.15, -0.1) is 0 Å². The normalized spacial score (nSPS) is 28.5. The van der Waals surface area contributed by atoms with Gasteiger partial charge in [0.2, 0.25) is 0 Å². The van der Waals surface area contributed by atoms with E-state index in [1.807, 2.05) is 0 Å². The summed E-state index contributed by atoms with van der Waals surface area (Å²) in [4.78, 5) is 14.4. The molecule has 4 fully saturated rings. The maximum absolute atomic E-state index is 13.3. The summed E-state index contributed by atoms with van der Waals surface area (Å²) in [5, 5.41) is 9.52. The highest BCUT2D eigenvalue weighted by atomic mass is 19.4. The molecule has 0 radical (unpaired) electrons. The summed E-state index contributed by atoms with van der Waals surface area (Å²) in [6.45, 7) is 2.19. The van der Waals surface area contributed by atoms with Crippen molar-refractivity contribution in [3.8, 4) is 0 Å². The second-order valence-electron chi connectivity index (χ2n) is 13.5. The van der Waals surface area contributed by atoms with Gasteiger partial charge in [-0.2, -0.15) is 13.2 Å². The third-order valence-corrected chi connectivity index (χ3v) is 11.0. The first-order valence-electron chi connectivity index (χ1n) is 15.9. The molecule has 4 saturated carbocycles. The minimum Gasteiger partial charge on any atom is -0.481 e.